The van der Waals surface area contributed by atoms with Crippen molar-refractivity contribution in [2.24, 2.45) is 11.8 Å². The first-order valence-electron chi connectivity index (χ1n) is 12.3. The van der Waals surface area contributed by atoms with Gasteiger partial charge in [0, 0.05) is 34.8 Å². The zero-order valence-electron chi connectivity index (χ0n) is 19.1. The molecule has 0 amide bonds. The molecule has 6 rings (SSSR count). The molecule has 34 heavy (non-hydrogen) atoms. The van der Waals surface area contributed by atoms with Gasteiger partial charge in [-0.3, -0.25) is 9.78 Å². The molecule has 0 radical (unpaired) electrons. The van der Waals surface area contributed by atoms with Crippen LogP contribution in [0.5, 0.6) is 0 Å². The Morgan fingerprint density at radius 3 is 2.47 bits per heavy atom. The number of ketones is 1. The zero-order chi connectivity index (χ0) is 23.3. The summed E-state index contributed by atoms with van der Waals surface area (Å²) in [5.74, 6) is 1.08. The Morgan fingerprint density at radius 1 is 0.941 bits per heavy atom. The molecule has 3 aliphatic rings. The molecule has 3 heterocycles. The molecule has 1 aliphatic heterocycles. The van der Waals surface area contributed by atoms with Gasteiger partial charge in [-0.2, -0.15) is 0 Å². The lowest BCUT2D eigenvalue weighted by atomic mass is 9.71. The molecule has 7 heteroatoms. The van der Waals surface area contributed by atoms with Crippen molar-refractivity contribution < 1.29 is 13.2 Å². The van der Waals surface area contributed by atoms with E-state index in [0.717, 1.165) is 41.3 Å². The van der Waals surface area contributed by atoms with Gasteiger partial charge in [0.1, 0.15) is 5.78 Å². The number of pyridine rings is 2. The predicted octanol–water partition coefficient (Wildman–Crippen LogP) is 4.34. The molecular formula is C27H29N3O3S. The fourth-order valence-corrected chi connectivity index (χ4v) is 7.57. The lowest BCUT2D eigenvalue weighted by molar-refractivity contribution is -0.126. The molecule has 6 nitrogen and oxygen atoms in total. The van der Waals surface area contributed by atoms with Crippen molar-refractivity contribution >= 4 is 26.5 Å². The molecule has 2 saturated carbocycles. The van der Waals surface area contributed by atoms with Crippen LogP contribution in [0, 0.1) is 11.8 Å². The van der Waals surface area contributed by atoms with Crippen LogP contribution in [0.1, 0.15) is 44.9 Å². The van der Waals surface area contributed by atoms with E-state index in [0.29, 0.717) is 31.1 Å². The smallest absolute Gasteiger partial charge is 0.198 e. The van der Waals surface area contributed by atoms with Crippen molar-refractivity contribution in [1.29, 1.82) is 0 Å². The standard InChI is InChI=1S/C27H29N3O3S/c31-25-17-30-27(15-23(25)18-3-4-18)11-9-22(10-12-27)34(32,33)26-8-7-21(16-29-26)20-6-5-19-2-1-13-28-24(19)14-20/h1-2,5-8,13-14,16,18,22-23,30H,3-4,9-12,15,17H2. The summed E-state index contributed by atoms with van der Waals surface area (Å²) in [5.41, 5.74) is 2.66. The number of nitrogens with one attached hydrogen (secondary N) is 1. The third-order valence-corrected chi connectivity index (χ3v) is 10.3. The molecule has 1 atom stereocenters. The second-order valence-corrected chi connectivity index (χ2v) is 12.5. The summed E-state index contributed by atoms with van der Waals surface area (Å²) in [7, 11) is -3.50. The lowest BCUT2D eigenvalue weighted by Crippen LogP contribution is -2.57. The van der Waals surface area contributed by atoms with Crippen molar-refractivity contribution in [3.8, 4) is 11.1 Å². The number of piperidine rings is 1. The minimum Gasteiger partial charge on any atom is -0.304 e. The normalized spacial score (nSPS) is 27.8. The highest BCUT2D eigenvalue weighted by Gasteiger charge is 2.48. The van der Waals surface area contributed by atoms with Crippen molar-refractivity contribution in [2.45, 2.75) is 60.8 Å². The summed E-state index contributed by atoms with van der Waals surface area (Å²) in [6, 6.07) is 13.4. The first-order valence-corrected chi connectivity index (χ1v) is 13.8. The highest BCUT2D eigenvalue weighted by molar-refractivity contribution is 7.92. The Morgan fingerprint density at radius 2 is 1.74 bits per heavy atom. The van der Waals surface area contributed by atoms with E-state index in [4.69, 9.17) is 0 Å². The fourth-order valence-electron chi connectivity index (χ4n) is 5.91. The maximum absolute atomic E-state index is 13.4. The van der Waals surface area contributed by atoms with Crippen LogP contribution >= 0.6 is 0 Å². The van der Waals surface area contributed by atoms with E-state index in [-0.39, 0.29) is 16.5 Å². The molecule has 1 spiro atoms. The first kappa shape index (κ1) is 21.9. The Bertz CT molecular complexity index is 1340. The Labute approximate surface area is 200 Å². The summed E-state index contributed by atoms with van der Waals surface area (Å²) in [6.45, 7) is 0.436. The minimum atomic E-state index is -3.50. The van der Waals surface area contributed by atoms with Gasteiger partial charge in [0.15, 0.2) is 14.9 Å². The third-order valence-electron chi connectivity index (χ3n) is 8.15. The van der Waals surface area contributed by atoms with Crippen LogP contribution in [-0.2, 0) is 14.6 Å². The van der Waals surface area contributed by atoms with Crippen LogP contribution in [0.2, 0.25) is 0 Å². The maximum Gasteiger partial charge on any atom is 0.198 e. The van der Waals surface area contributed by atoms with Gasteiger partial charge in [0.25, 0.3) is 0 Å². The van der Waals surface area contributed by atoms with Gasteiger partial charge < -0.3 is 5.32 Å². The molecular weight excluding hydrogens is 446 g/mol. The summed E-state index contributed by atoms with van der Waals surface area (Å²) in [5, 5.41) is 4.28. The SMILES string of the molecule is O=C1CNC2(CCC(S(=O)(=O)c3ccc(-c4ccc5cccnc5c4)cn3)CC2)CC1C1CC1. The van der Waals surface area contributed by atoms with E-state index in [1.165, 1.54) is 12.8 Å². The van der Waals surface area contributed by atoms with Gasteiger partial charge in [0.05, 0.1) is 17.3 Å². The van der Waals surface area contributed by atoms with E-state index < -0.39 is 15.1 Å². The second kappa shape index (κ2) is 8.24. The molecule has 1 unspecified atom stereocenters. The Balaban J connectivity index is 1.16. The lowest BCUT2D eigenvalue weighted by Gasteiger charge is -2.45. The molecule has 2 aromatic heterocycles. The van der Waals surface area contributed by atoms with Crippen LogP contribution in [0.25, 0.3) is 22.0 Å². The highest BCUT2D eigenvalue weighted by atomic mass is 32.2. The van der Waals surface area contributed by atoms with Crippen molar-refractivity contribution in [3.63, 3.8) is 0 Å². The number of benzene rings is 1. The molecule has 3 aromatic rings. The predicted molar refractivity (Wildman–Crippen MR) is 131 cm³/mol. The number of hydrogen-bond acceptors (Lipinski definition) is 6. The van der Waals surface area contributed by atoms with E-state index in [9.17, 15) is 13.2 Å². The van der Waals surface area contributed by atoms with Gasteiger partial charge in [-0.25, -0.2) is 13.4 Å². The van der Waals surface area contributed by atoms with E-state index in [2.05, 4.69) is 15.3 Å². The number of hydrogen-bond donors (Lipinski definition) is 1. The summed E-state index contributed by atoms with van der Waals surface area (Å²) >= 11 is 0. The fraction of sp³-hybridized carbons (Fsp3) is 0.444. The van der Waals surface area contributed by atoms with E-state index in [1.807, 2.05) is 36.4 Å². The molecule has 1 saturated heterocycles. The van der Waals surface area contributed by atoms with Crippen LogP contribution in [-0.4, -0.2) is 41.5 Å². The molecule has 176 valence electrons. The summed E-state index contributed by atoms with van der Waals surface area (Å²) in [4.78, 5) is 21.1. The number of aromatic nitrogens is 2. The van der Waals surface area contributed by atoms with Gasteiger partial charge in [-0.15, -0.1) is 0 Å². The van der Waals surface area contributed by atoms with Gasteiger partial charge in [0.2, 0.25) is 0 Å². The van der Waals surface area contributed by atoms with E-state index in [1.54, 1.807) is 18.5 Å². The van der Waals surface area contributed by atoms with Crippen molar-refractivity contribution in [2.75, 3.05) is 6.54 Å². The van der Waals surface area contributed by atoms with E-state index >= 15 is 0 Å². The highest BCUT2D eigenvalue weighted by Crippen LogP contribution is 2.46. The zero-order valence-corrected chi connectivity index (χ0v) is 19.9. The summed E-state index contributed by atoms with van der Waals surface area (Å²) < 4.78 is 26.7. The average Bonchev–Trinajstić information content (AvgIpc) is 3.71. The monoisotopic (exact) mass is 475 g/mol. The number of rotatable bonds is 4. The van der Waals surface area contributed by atoms with Crippen molar-refractivity contribution in [1.82, 2.24) is 15.3 Å². The van der Waals surface area contributed by atoms with Crippen LogP contribution in [0.4, 0.5) is 0 Å². The van der Waals surface area contributed by atoms with Gasteiger partial charge >= 0.3 is 0 Å². The number of nitrogens with zero attached hydrogens (tertiary/aromatic N) is 2. The largest absolute Gasteiger partial charge is 0.304 e. The van der Waals surface area contributed by atoms with Gasteiger partial charge in [-0.1, -0.05) is 18.2 Å². The second-order valence-electron chi connectivity index (χ2n) is 10.3. The maximum atomic E-state index is 13.4. The van der Waals surface area contributed by atoms with Gasteiger partial charge in [-0.05, 0) is 80.7 Å². The number of fused-ring (bicyclic) bond motifs is 1. The topological polar surface area (TPSA) is 89.0 Å². The molecule has 2 aliphatic carbocycles. The third kappa shape index (κ3) is 3.95. The number of Topliss-reactive ketones (excluding diaryl/α,β-unsaturated/α-hetero) is 1. The molecule has 0 bridgehead atoms. The average molecular weight is 476 g/mol. The Hall–Kier alpha value is -2.64. The number of carbonyl (C=O) groups excluding carboxylic acids is 1. The quantitative estimate of drug-likeness (QED) is 0.604. The number of carbonyl (C=O) groups is 1. The molecule has 1 aromatic carbocycles. The van der Waals surface area contributed by atoms with Crippen LogP contribution in [0.15, 0.2) is 59.9 Å². The molecule has 3 fully saturated rings. The van der Waals surface area contributed by atoms with Crippen LogP contribution < -0.4 is 5.32 Å². The van der Waals surface area contributed by atoms with Crippen molar-refractivity contribution in [3.05, 3.63) is 54.9 Å². The summed E-state index contributed by atoms with van der Waals surface area (Å²) in [6.07, 6.45) is 9.45. The molecule has 1 N–H and O–H groups in total. The minimum absolute atomic E-state index is 0.0748. The number of sulfone groups is 1. The Kier molecular flexibility index (Phi) is 5.30. The first-order chi connectivity index (χ1) is 16.4. The van der Waals surface area contributed by atoms with Crippen LogP contribution in [0.3, 0.4) is 0 Å².